The van der Waals surface area contributed by atoms with Crippen LogP contribution in [0.15, 0.2) is 12.1 Å². The molecule has 1 aromatic rings. The second-order valence-electron chi connectivity index (χ2n) is 3.76. The lowest BCUT2D eigenvalue weighted by atomic mass is 10.2. The van der Waals surface area contributed by atoms with E-state index in [1.807, 2.05) is 19.1 Å². The van der Waals surface area contributed by atoms with Crippen LogP contribution in [0.3, 0.4) is 0 Å². The van der Waals surface area contributed by atoms with Crippen molar-refractivity contribution in [1.29, 1.82) is 0 Å². The first-order valence-corrected chi connectivity index (χ1v) is 5.20. The van der Waals surface area contributed by atoms with E-state index in [2.05, 4.69) is 4.98 Å². The van der Waals surface area contributed by atoms with E-state index < -0.39 is 0 Å². The average molecular weight is 208 g/mol. The summed E-state index contributed by atoms with van der Waals surface area (Å²) in [5.74, 6) is 0.658. The SMILES string of the molecule is Cc1cc(CN)cc(OC2CCOC2)n1. The average Bonchev–Trinajstić information content (AvgIpc) is 2.69. The predicted molar refractivity (Wildman–Crippen MR) is 56.7 cm³/mol. The highest BCUT2D eigenvalue weighted by atomic mass is 16.5. The van der Waals surface area contributed by atoms with Crippen molar-refractivity contribution in [3.05, 3.63) is 23.4 Å². The summed E-state index contributed by atoms with van der Waals surface area (Å²) >= 11 is 0. The number of hydrogen-bond donors (Lipinski definition) is 1. The van der Waals surface area contributed by atoms with Crippen LogP contribution in [-0.2, 0) is 11.3 Å². The molecule has 0 amide bonds. The third kappa shape index (κ3) is 2.67. The third-order valence-electron chi connectivity index (χ3n) is 2.40. The van der Waals surface area contributed by atoms with Crippen molar-refractivity contribution < 1.29 is 9.47 Å². The summed E-state index contributed by atoms with van der Waals surface area (Å²) in [6.07, 6.45) is 1.08. The monoisotopic (exact) mass is 208 g/mol. The maximum absolute atomic E-state index is 5.71. The largest absolute Gasteiger partial charge is 0.472 e. The molecule has 1 saturated heterocycles. The predicted octanol–water partition coefficient (Wildman–Crippen LogP) is 1.02. The number of nitrogens with zero attached hydrogens (tertiary/aromatic N) is 1. The van der Waals surface area contributed by atoms with Crippen LogP contribution in [0, 0.1) is 6.92 Å². The van der Waals surface area contributed by atoms with Crippen molar-refractivity contribution in [3.63, 3.8) is 0 Å². The minimum absolute atomic E-state index is 0.143. The molecule has 2 N–H and O–H groups in total. The highest BCUT2D eigenvalue weighted by Gasteiger charge is 2.17. The molecule has 1 atom stereocenters. The summed E-state index contributed by atoms with van der Waals surface area (Å²) in [5.41, 5.74) is 7.58. The van der Waals surface area contributed by atoms with Gasteiger partial charge < -0.3 is 15.2 Å². The molecule has 4 heteroatoms. The van der Waals surface area contributed by atoms with Crippen molar-refractivity contribution in [2.24, 2.45) is 5.73 Å². The second kappa shape index (κ2) is 4.59. The number of hydrogen-bond acceptors (Lipinski definition) is 4. The summed E-state index contributed by atoms with van der Waals surface area (Å²) in [4.78, 5) is 4.31. The molecule has 2 heterocycles. The van der Waals surface area contributed by atoms with Crippen LogP contribution in [0.25, 0.3) is 0 Å². The van der Waals surface area contributed by atoms with Crippen LogP contribution in [0.4, 0.5) is 0 Å². The van der Waals surface area contributed by atoms with Crippen molar-refractivity contribution in [2.75, 3.05) is 13.2 Å². The quantitative estimate of drug-likeness (QED) is 0.805. The fourth-order valence-corrected chi connectivity index (χ4v) is 1.66. The lowest BCUT2D eigenvalue weighted by Gasteiger charge is -2.12. The summed E-state index contributed by atoms with van der Waals surface area (Å²) < 4.78 is 10.9. The van der Waals surface area contributed by atoms with Crippen molar-refractivity contribution in [1.82, 2.24) is 4.98 Å². The normalized spacial score (nSPS) is 20.5. The second-order valence-corrected chi connectivity index (χ2v) is 3.76. The molecule has 0 saturated carbocycles. The van der Waals surface area contributed by atoms with Crippen molar-refractivity contribution in [3.8, 4) is 5.88 Å². The lowest BCUT2D eigenvalue weighted by Crippen LogP contribution is -2.17. The maximum Gasteiger partial charge on any atom is 0.214 e. The fourth-order valence-electron chi connectivity index (χ4n) is 1.66. The van der Waals surface area contributed by atoms with Gasteiger partial charge >= 0.3 is 0 Å². The Balaban J connectivity index is 2.09. The van der Waals surface area contributed by atoms with Gasteiger partial charge in [0, 0.05) is 24.7 Å². The highest BCUT2D eigenvalue weighted by molar-refractivity contribution is 5.24. The first-order chi connectivity index (χ1) is 7.28. The Morgan fingerprint density at radius 1 is 1.60 bits per heavy atom. The Labute approximate surface area is 89.4 Å². The molecule has 2 rings (SSSR count). The van der Waals surface area contributed by atoms with Crippen molar-refractivity contribution in [2.45, 2.75) is 26.0 Å². The Bertz CT molecular complexity index is 335. The molecular weight excluding hydrogens is 192 g/mol. The molecule has 0 radical (unpaired) electrons. The molecule has 0 aromatic carbocycles. The molecular formula is C11H16N2O2. The molecule has 0 bridgehead atoms. The maximum atomic E-state index is 5.71. The highest BCUT2D eigenvalue weighted by Crippen LogP contribution is 2.16. The summed E-state index contributed by atoms with van der Waals surface area (Å²) in [7, 11) is 0. The van der Waals surface area contributed by atoms with E-state index in [0.717, 1.165) is 24.3 Å². The van der Waals surface area contributed by atoms with Gasteiger partial charge in [0.1, 0.15) is 6.10 Å². The summed E-state index contributed by atoms with van der Waals surface area (Å²) in [6, 6.07) is 3.86. The van der Waals surface area contributed by atoms with Gasteiger partial charge in [-0.1, -0.05) is 0 Å². The number of rotatable bonds is 3. The molecule has 1 aliphatic heterocycles. The molecule has 1 fully saturated rings. The molecule has 15 heavy (non-hydrogen) atoms. The standard InChI is InChI=1S/C11H16N2O2/c1-8-4-9(6-12)5-11(13-8)15-10-2-3-14-7-10/h4-5,10H,2-3,6-7,12H2,1H3. The third-order valence-corrected chi connectivity index (χ3v) is 2.40. The van der Waals surface area contributed by atoms with Crippen LogP contribution in [0.5, 0.6) is 5.88 Å². The minimum atomic E-state index is 0.143. The summed E-state index contributed by atoms with van der Waals surface area (Å²) in [6.45, 7) is 3.89. The molecule has 0 aliphatic carbocycles. The van der Waals surface area contributed by atoms with E-state index in [9.17, 15) is 0 Å². The number of pyridine rings is 1. The molecule has 4 nitrogen and oxygen atoms in total. The van der Waals surface area contributed by atoms with E-state index >= 15 is 0 Å². The van der Waals surface area contributed by atoms with Gasteiger partial charge in [-0.2, -0.15) is 0 Å². The van der Waals surface area contributed by atoms with Gasteiger partial charge in [-0.05, 0) is 18.6 Å². The smallest absolute Gasteiger partial charge is 0.214 e. The Morgan fingerprint density at radius 3 is 3.13 bits per heavy atom. The zero-order valence-corrected chi connectivity index (χ0v) is 8.90. The molecule has 82 valence electrons. The number of aromatic nitrogens is 1. The number of ether oxygens (including phenoxy) is 2. The Morgan fingerprint density at radius 2 is 2.47 bits per heavy atom. The van der Waals surface area contributed by atoms with Crippen LogP contribution in [-0.4, -0.2) is 24.3 Å². The molecule has 0 spiro atoms. The zero-order valence-electron chi connectivity index (χ0n) is 8.90. The van der Waals surface area contributed by atoms with E-state index in [0.29, 0.717) is 19.0 Å². The van der Waals surface area contributed by atoms with Crippen LogP contribution >= 0.6 is 0 Å². The van der Waals surface area contributed by atoms with Crippen LogP contribution < -0.4 is 10.5 Å². The molecule has 1 unspecified atom stereocenters. The molecule has 1 aliphatic rings. The zero-order chi connectivity index (χ0) is 10.7. The van der Waals surface area contributed by atoms with E-state index in [-0.39, 0.29) is 6.10 Å². The topological polar surface area (TPSA) is 57.4 Å². The van der Waals surface area contributed by atoms with Gasteiger partial charge in [-0.25, -0.2) is 4.98 Å². The van der Waals surface area contributed by atoms with E-state index in [4.69, 9.17) is 15.2 Å². The molecule has 1 aromatic heterocycles. The Kier molecular flexibility index (Phi) is 3.18. The van der Waals surface area contributed by atoms with Gasteiger partial charge in [0.25, 0.3) is 0 Å². The van der Waals surface area contributed by atoms with Gasteiger partial charge in [-0.3, -0.25) is 0 Å². The van der Waals surface area contributed by atoms with E-state index in [1.54, 1.807) is 0 Å². The van der Waals surface area contributed by atoms with Gasteiger partial charge in [0.2, 0.25) is 5.88 Å². The van der Waals surface area contributed by atoms with Gasteiger partial charge in [0.05, 0.1) is 13.2 Å². The van der Waals surface area contributed by atoms with Gasteiger partial charge in [-0.15, -0.1) is 0 Å². The first-order valence-electron chi connectivity index (χ1n) is 5.20. The minimum Gasteiger partial charge on any atom is -0.472 e. The Hall–Kier alpha value is -1.13. The van der Waals surface area contributed by atoms with Crippen LogP contribution in [0.2, 0.25) is 0 Å². The van der Waals surface area contributed by atoms with Gasteiger partial charge in [0.15, 0.2) is 0 Å². The fraction of sp³-hybridized carbons (Fsp3) is 0.545. The summed E-state index contributed by atoms with van der Waals surface area (Å²) in [5, 5.41) is 0. The van der Waals surface area contributed by atoms with E-state index in [1.165, 1.54) is 0 Å². The van der Waals surface area contributed by atoms with Crippen LogP contribution in [0.1, 0.15) is 17.7 Å². The first kappa shape index (κ1) is 10.4. The number of nitrogens with two attached hydrogens (primary N) is 1. The lowest BCUT2D eigenvalue weighted by molar-refractivity contribution is 0.138. The number of aryl methyl sites for hydroxylation is 1. The van der Waals surface area contributed by atoms with Crippen molar-refractivity contribution >= 4 is 0 Å².